The van der Waals surface area contributed by atoms with E-state index >= 15 is 0 Å². The van der Waals surface area contributed by atoms with Crippen molar-refractivity contribution in [3.8, 4) is 0 Å². The van der Waals surface area contributed by atoms with Crippen LogP contribution in [-0.4, -0.2) is 16.8 Å². The topological polar surface area (TPSA) is 71.1 Å². The monoisotopic (exact) mass is 397 g/mol. The minimum atomic E-state index is -0.336. The van der Waals surface area contributed by atoms with Crippen molar-refractivity contribution in [3.05, 3.63) is 114 Å². The summed E-state index contributed by atoms with van der Waals surface area (Å²) in [6, 6.07) is 20.3. The summed E-state index contributed by atoms with van der Waals surface area (Å²) in [6.07, 6.45) is 3.53. The van der Waals surface area contributed by atoms with Crippen LogP contribution in [0.15, 0.2) is 79.9 Å². The Balaban J connectivity index is 1.57. The van der Waals surface area contributed by atoms with Gasteiger partial charge in [0.2, 0.25) is 0 Å². The molecule has 0 atom stereocenters. The molecule has 0 spiro atoms. The lowest BCUT2D eigenvalue weighted by molar-refractivity contribution is 0.0941. The summed E-state index contributed by atoms with van der Waals surface area (Å²) in [5.41, 5.74) is 4.35. The number of nitrogens with zero attached hydrogens (tertiary/aromatic N) is 1. The first kappa shape index (κ1) is 20.7. The molecule has 0 radical (unpaired) electrons. The highest BCUT2D eigenvalue weighted by molar-refractivity contribution is 5.96. The first-order valence-corrected chi connectivity index (χ1v) is 9.55. The lowest BCUT2D eigenvalue weighted by Gasteiger charge is -2.08. The van der Waals surface area contributed by atoms with E-state index in [0.29, 0.717) is 13.1 Å². The zero-order valence-corrected chi connectivity index (χ0v) is 16.6. The van der Waals surface area contributed by atoms with E-state index in [1.165, 1.54) is 0 Å². The van der Waals surface area contributed by atoms with Gasteiger partial charge in [-0.05, 0) is 34.4 Å². The number of nitrogens with one attached hydrogen (secondary N) is 2. The predicted molar refractivity (Wildman–Crippen MR) is 120 cm³/mol. The van der Waals surface area contributed by atoms with Gasteiger partial charge in [0, 0.05) is 13.1 Å². The quantitative estimate of drug-likeness (QED) is 0.598. The number of carbonyl (C=O) groups is 2. The van der Waals surface area contributed by atoms with Crippen LogP contribution in [0.1, 0.15) is 43.2 Å². The Morgan fingerprint density at radius 3 is 1.47 bits per heavy atom. The fourth-order valence-corrected chi connectivity index (χ4v) is 2.78. The Labute approximate surface area is 176 Å². The number of amides is 2. The van der Waals surface area contributed by atoms with Crippen LogP contribution in [0.3, 0.4) is 0 Å². The van der Waals surface area contributed by atoms with Gasteiger partial charge in [0.05, 0.1) is 0 Å². The first-order valence-electron chi connectivity index (χ1n) is 9.55. The van der Waals surface area contributed by atoms with E-state index in [9.17, 15) is 9.59 Å². The van der Waals surface area contributed by atoms with Crippen molar-refractivity contribution in [2.45, 2.75) is 13.1 Å². The number of benzene rings is 2. The third kappa shape index (κ3) is 5.52. The van der Waals surface area contributed by atoms with Gasteiger partial charge in [-0.1, -0.05) is 79.9 Å². The van der Waals surface area contributed by atoms with Crippen LogP contribution in [0.5, 0.6) is 0 Å². The molecule has 5 nitrogen and oxygen atoms in total. The van der Waals surface area contributed by atoms with Crippen LogP contribution in [0.2, 0.25) is 0 Å². The van der Waals surface area contributed by atoms with Crippen molar-refractivity contribution in [3.63, 3.8) is 0 Å². The summed E-state index contributed by atoms with van der Waals surface area (Å²) in [6.45, 7) is 8.18. The largest absolute Gasteiger partial charge is 0.347 e. The number of carbonyl (C=O) groups excluding carboxylic acids is 2. The lowest BCUT2D eigenvalue weighted by atomic mass is 10.1. The Morgan fingerprint density at radius 2 is 1.10 bits per heavy atom. The average molecular weight is 397 g/mol. The molecule has 2 N–H and O–H groups in total. The summed E-state index contributed by atoms with van der Waals surface area (Å²) in [5.74, 6) is -0.671. The molecule has 5 heteroatoms. The highest BCUT2D eigenvalue weighted by Crippen LogP contribution is 2.07. The molecule has 3 aromatic rings. The highest BCUT2D eigenvalue weighted by Gasteiger charge is 2.12. The fourth-order valence-electron chi connectivity index (χ4n) is 2.78. The van der Waals surface area contributed by atoms with Gasteiger partial charge >= 0.3 is 0 Å². The van der Waals surface area contributed by atoms with Crippen molar-refractivity contribution >= 4 is 24.0 Å². The third-order valence-corrected chi connectivity index (χ3v) is 4.55. The fraction of sp³-hybridized carbons (Fsp3) is 0.0800. The van der Waals surface area contributed by atoms with Crippen molar-refractivity contribution in [1.29, 1.82) is 0 Å². The highest BCUT2D eigenvalue weighted by atomic mass is 16.2. The summed E-state index contributed by atoms with van der Waals surface area (Å²) in [5, 5.41) is 5.64. The first-order chi connectivity index (χ1) is 14.6. The van der Waals surface area contributed by atoms with E-state index < -0.39 is 0 Å². The molecule has 2 amide bonds. The lowest BCUT2D eigenvalue weighted by Crippen LogP contribution is -2.27. The number of hydrogen-bond acceptors (Lipinski definition) is 3. The van der Waals surface area contributed by atoms with Gasteiger partial charge < -0.3 is 10.6 Å². The minimum absolute atomic E-state index is 0.195. The molecule has 2 aromatic carbocycles. The van der Waals surface area contributed by atoms with Gasteiger partial charge in [-0.2, -0.15) is 0 Å². The SMILES string of the molecule is C=Cc1ccc(CNC(=O)c2cccc(C(=O)NCc3ccc(C=C)cc3)n2)cc1. The van der Waals surface area contributed by atoms with Crippen LogP contribution in [0.25, 0.3) is 12.2 Å². The Kier molecular flexibility index (Phi) is 6.90. The van der Waals surface area contributed by atoms with E-state index in [1.807, 2.05) is 48.5 Å². The van der Waals surface area contributed by atoms with Gasteiger partial charge in [-0.25, -0.2) is 4.98 Å². The molecule has 1 heterocycles. The second-order valence-corrected chi connectivity index (χ2v) is 6.66. The average Bonchev–Trinajstić information content (AvgIpc) is 2.81. The molecule has 0 fully saturated rings. The van der Waals surface area contributed by atoms with Gasteiger partial charge in [0.25, 0.3) is 11.8 Å². The minimum Gasteiger partial charge on any atom is -0.347 e. The number of hydrogen-bond donors (Lipinski definition) is 2. The summed E-state index contributed by atoms with van der Waals surface area (Å²) >= 11 is 0. The van der Waals surface area contributed by atoms with Crippen LogP contribution in [-0.2, 0) is 13.1 Å². The molecular formula is C25H23N3O2. The molecule has 1 aromatic heterocycles. The van der Waals surface area contributed by atoms with Gasteiger partial charge in [0.1, 0.15) is 11.4 Å². The van der Waals surface area contributed by atoms with E-state index in [4.69, 9.17) is 0 Å². The van der Waals surface area contributed by atoms with Crippen LogP contribution in [0.4, 0.5) is 0 Å². The number of rotatable bonds is 8. The number of aromatic nitrogens is 1. The molecule has 0 saturated heterocycles. The van der Waals surface area contributed by atoms with E-state index in [2.05, 4.69) is 28.8 Å². The molecule has 0 aliphatic rings. The smallest absolute Gasteiger partial charge is 0.270 e. The maximum Gasteiger partial charge on any atom is 0.270 e. The van der Waals surface area contributed by atoms with E-state index in [0.717, 1.165) is 22.3 Å². The van der Waals surface area contributed by atoms with Gasteiger partial charge in [0.15, 0.2) is 0 Å². The van der Waals surface area contributed by atoms with Crippen molar-refractivity contribution in [1.82, 2.24) is 15.6 Å². The normalized spacial score (nSPS) is 10.1. The molecule has 0 unspecified atom stereocenters. The molecular weight excluding hydrogens is 374 g/mol. The zero-order valence-electron chi connectivity index (χ0n) is 16.6. The van der Waals surface area contributed by atoms with Crippen molar-refractivity contribution in [2.24, 2.45) is 0 Å². The molecule has 0 saturated carbocycles. The maximum atomic E-state index is 12.4. The van der Waals surface area contributed by atoms with Crippen LogP contribution >= 0.6 is 0 Å². The van der Waals surface area contributed by atoms with Gasteiger partial charge in [-0.3, -0.25) is 9.59 Å². The summed E-state index contributed by atoms with van der Waals surface area (Å²) in [7, 11) is 0. The van der Waals surface area contributed by atoms with E-state index in [-0.39, 0.29) is 23.2 Å². The molecule has 0 aliphatic heterocycles. The third-order valence-electron chi connectivity index (χ3n) is 4.55. The van der Waals surface area contributed by atoms with E-state index in [1.54, 1.807) is 30.4 Å². The standard InChI is InChI=1S/C25H23N3O2/c1-3-18-8-12-20(13-9-18)16-26-24(29)22-6-5-7-23(28-22)25(30)27-17-21-14-10-19(4-2)11-15-21/h3-15H,1-2,16-17H2,(H,26,29)(H,27,30). The van der Waals surface area contributed by atoms with Crippen LogP contribution in [0, 0.1) is 0 Å². The summed E-state index contributed by atoms with van der Waals surface area (Å²) in [4.78, 5) is 29.1. The number of pyridine rings is 1. The molecule has 30 heavy (non-hydrogen) atoms. The molecule has 3 rings (SSSR count). The van der Waals surface area contributed by atoms with Crippen LogP contribution < -0.4 is 10.6 Å². The Bertz CT molecular complexity index is 972. The molecule has 0 bridgehead atoms. The zero-order chi connectivity index (χ0) is 21.3. The Hall–Kier alpha value is -3.99. The maximum absolute atomic E-state index is 12.4. The predicted octanol–water partition coefficient (Wildman–Crippen LogP) is 4.23. The second-order valence-electron chi connectivity index (χ2n) is 6.66. The van der Waals surface area contributed by atoms with Crippen molar-refractivity contribution in [2.75, 3.05) is 0 Å². The molecule has 150 valence electrons. The van der Waals surface area contributed by atoms with Crippen molar-refractivity contribution < 1.29 is 9.59 Å². The molecule has 0 aliphatic carbocycles. The summed E-state index contributed by atoms with van der Waals surface area (Å²) < 4.78 is 0. The van der Waals surface area contributed by atoms with Gasteiger partial charge in [-0.15, -0.1) is 0 Å². The second kappa shape index (κ2) is 9.98. The Morgan fingerprint density at radius 1 is 0.700 bits per heavy atom.